The van der Waals surface area contributed by atoms with Crippen LogP contribution in [0, 0.1) is 5.82 Å². The maximum Gasteiger partial charge on any atom is 0.279 e. The zero-order valence-corrected chi connectivity index (χ0v) is 14.1. The highest BCUT2D eigenvalue weighted by molar-refractivity contribution is 7.87. The van der Waals surface area contributed by atoms with Gasteiger partial charge in [-0.05, 0) is 47.4 Å². The molecule has 0 unspecified atom stereocenters. The molecule has 2 bridgehead atoms. The Morgan fingerprint density at radius 3 is 3.04 bits per heavy atom. The van der Waals surface area contributed by atoms with Crippen molar-refractivity contribution < 1.29 is 12.8 Å². The van der Waals surface area contributed by atoms with Crippen LogP contribution in [0.15, 0.2) is 23.6 Å². The lowest BCUT2D eigenvalue weighted by Crippen LogP contribution is -2.50. The highest BCUT2D eigenvalue weighted by Gasteiger charge is 2.43. The number of halogens is 1. The second-order valence-corrected chi connectivity index (χ2v) is 8.73. The zero-order chi connectivity index (χ0) is 16.0. The van der Waals surface area contributed by atoms with Crippen LogP contribution in [0.25, 0.3) is 10.1 Å². The first-order valence-corrected chi connectivity index (χ1v) is 10.0. The summed E-state index contributed by atoms with van der Waals surface area (Å²) in [5.41, 5.74) is 0.983. The Hall–Kier alpha value is -1.06. The molecule has 0 spiro atoms. The number of fused-ring (bicyclic) bond motifs is 3. The molecular formula is C15H18FN3O2S2. The van der Waals surface area contributed by atoms with Gasteiger partial charge in [0.15, 0.2) is 0 Å². The topological polar surface area (TPSA) is 61.4 Å². The molecule has 2 aliphatic rings. The molecule has 0 aliphatic carbocycles. The summed E-state index contributed by atoms with van der Waals surface area (Å²) < 4.78 is 43.4. The molecule has 1 aromatic heterocycles. The molecule has 3 heterocycles. The smallest absolute Gasteiger partial charge is 0.279 e. The summed E-state index contributed by atoms with van der Waals surface area (Å²) >= 11 is 1.55. The summed E-state index contributed by atoms with van der Waals surface area (Å²) in [6.45, 7) is 1.61. The number of piperazine rings is 1. The number of hydrogen-bond donors (Lipinski definition) is 2. The van der Waals surface area contributed by atoms with Crippen molar-refractivity contribution in [2.75, 3.05) is 19.6 Å². The summed E-state index contributed by atoms with van der Waals surface area (Å²) in [5, 5.41) is 6.14. The molecule has 8 heteroatoms. The van der Waals surface area contributed by atoms with E-state index in [1.54, 1.807) is 21.7 Å². The number of thiophene rings is 1. The minimum absolute atomic E-state index is 0.0774. The van der Waals surface area contributed by atoms with Gasteiger partial charge in [0.05, 0.1) is 0 Å². The monoisotopic (exact) mass is 355 g/mol. The second kappa shape index (κ2) is 5.78. The Balaban J connectivity index is 1.42. The molecule has 2 aliphatic heterocycles. The number of nitrogens with one attached hydrogen (secondary N) is 2. The Morgan fingerprint density at radius 2 is 2.30 bits per heavy atom. The van der Waals surface area contributed by atoms with E-state index in [0.717, 1.165) is 28.6 Å². The SMILES string of the molecule is O=S(=O)(NCCc1csc2ccc(F)cc12)N1C[C@@H]2C[C@H]1CN2. The number of rotatable bonds is 5. The lowest BCUT2D eigenvalue weighted by Gasteiger charge is -2.26. The Bertz CT molecular complexity index is 836. The number of benzene rings is 1. The van der Waals surface area contributed by atoms with Gasteiger partial charge in [-0.25, -0.2) is 9.11 Å². The van der Waals surface area contributed by atoms with E-state index in [2.05, 4.69) is 10.0 Å². The normalized spacial score (nSPS) is 24.7. The zero-order valence-electron chi connectivity index (χ0n) is 12.5. The van der Waals surface area contributed by atoms with Crippen molar-refractivity contribution >= 4 is 31.6 Å². The summed E-state index contributed by atoms with van der Waals surface area (Å²) in [6.07, 6.45) is 1.46. The first-order chi connectivity index (χ1) is 11.0. The largest absolute Gasteiger partial charge is 0.311 e. The predicted octanol–water partition coefficient (Wildman–Crippen LogP) is 1.46. The minimum atomic E-state index is -3.43. The van der Waals surface area contributed by atoms with Crippen LogP contribution in [-0.2, 0) is 16.6 Å². The summed E-state index contributed by atoms with van der Waals surface area (Å²) in [6, 6.07) is 5.09. The Kier molecular flexibility index (Phi) is 3.89. The standard InChI is InChI=1S/C15H18FN3O2S2/c16-11-1-2-15-14(5-11)10(9-22-15)3-4-18-23(20,21)19-8-12-6-13(19)7-17-12/h1-2,5,9,12-13,17-18H,3-4,6-8H2/t12-,13-/m0/s1. The van der Waals surface area contributed by atoms with E-state index in [1.165, 1.54) is 12.1 Å². The van der Waals surface area contributed by atoms with E-state index in [4.69, 9.17) is 0 Å². The predicted molar refractivity (Wildman–Crippen MR) is 89.3 cm³/mol. The van der Waals surface area contributed by atoms with E-state index in [9.17, 15) is 12.8 Å². The first-order valence-electron chi connectivity index (χ1n) is 7.68. The molecule has 0 radical (unpaired) electrons. The molecule has 2 atom stereocenters. The molecule has 2 N–H and O–H groups in total. The first kappa shape index (κ1) is 15.5. The van der Waals surface area contributed by atoms with Crippen LogP contribution in [0.4, 0.5) is 4.39 Å². The molecule has 2 saturated heterocycles. The molecule has 23 heavy (non-hydrogen) atoms. The fourth-order valence-electron chi connectivity index (χ4n) is 3.46. The van der Waals surface area contributed by atoms with Gasteiger partial charge >= 0.3 is 0 Å². The highest BCUT2D eigenvalue weighted by atomic mass is 32.2. The summed E-state index contributed by atoms with van der Waals surface area (Å²) in [7, 11) is -3.43. The van der Waals surface area contributed by atoms with Crippen LogP contribution in [-0.4, -0.2) is 44.4 Å². The number of nitrogens with zero attached hydrogens (tertiary/aromatic N) is 1. The van der Waals surface area contributed by atoms with Crippen molar-refractivity contribution in [3.8, 4) is 0 Å². The van der Waals surface area contributed by atoms with E-state index in [0.29, 0.717) is 25.6 Å². The van der Waals surface area contributed by atoms with Crippen molar-refractivity contribution in [2.24, 2.45) is 0 Å². The molecule has 2 aromatic rings. The van der Waals surface area contributed by atoms with Gasteiger partial charge in [0.25, 0.3) is 10.2 Å². The van der Waals surface area contributed by atoms with Crippen LogP contribution in [0.5, 0.6) is 0 Å². The second-order valence-electron chi connectivity index (χ2n) is 6.12. The third kappa shape index (κ3) is 2.89. The van der Waals surface area contributed by atoms with Crippen molar-refractivity contribution in [2.45, 2.75) is 24.9 Å². The van der Waals surface area contributed by atoms with Crippen LogP contribution < -0.4 is 10.0 Å². The van der Waals surface area contributed by atoms with Gasteiger partial charge in [-0.15, -0.1) is 11.3 Å². The van der Waals surface area contributed by atoms with E-state index in [-0.39, 0.29) is 11.9 Å². The van der Waals surface area contributed by atoms with E-state index < -0.39 is 10.2 Å². The van der Waals surface area contributed by atoms with E-state index in [1.807, 2.05) is 5.38 Å². The maximum absolute atomic E-state index is 13.4. The van der Waals surface area contributed by atoms with Crippen molar-refractivity contribution in [3.63, 3.8) is 0 Å². The fourth-order valence-corrected chi connectivity index (χ4v) is 5.89. The van der Waals surface area contributed by atoms with Gasteiger partial charge in [-0.2, -0.15) is 12.7 Å². The lowest BCUT2D eigenvalue weighted by atomic mass is 10.1. The van der Waals surface area contributed by atoms with Crippen LogP contribution in [0.1, 0.15) is 12.0 Å². The quantitative estimate of drug-likeness (QED) is 0.854. The van der Waals surface area contributed by atoms with Crippen LogP contribution in [0.3, 0.4) is 0 Å². The average Bonchev–Trinajstić information content (AvgIpc) is 3.22. The minimum Gasteiger partial charge on any atom is -0.311 e. The summed E-state index contributed by atoms with van der Waals surface area (Å²) in [5.74, 6) is -0.265. The van der Waals surface area contributed by atoms with Gasteiger partial charge < -0.3 is 5.32 Å². The Labute approximate surface area is 138 Å². The van der Waals surface area contributed by atoms with Gasteiger partial charge in [0.1, 0.15) is 5.82 Å². The average molecular weight is 355 g/mol. The van der Waals surface area contributed by atoms with Crippen LogP contribution in [0.2, 0.25) is 0 Å². The molecule has 1 aromatic carbocycles. The highest BCUT2D eigenvalue weighted by Crippen LogP contribution is 2.27. The van der Waals surface area contributed by atoms with Crippen molar-refractivity contribution in [1.82, 2.24) is 14.3 Å². The van der Waals surface area contributed by atoms with Gasteiger partial charge in [0, 0.05) is 36.4 Å². The molecule has 4 rings (SSSR count). The third-order valence-electron chi connectivity index (χ3n) is 4.61. The number of hydrogen-bond acceptors (Lipinski definition) is 4. The van der Waals surface area contributed by atoms with Crippen molar-refractivity contribution in [3.05, 3.63) is 35.0 Å². The molecule has 5 nitrogen and oxygen atoms in total. The third-order valence-corrected chi connectivity index (χ3v) is 7.26. The molecule has 2 fully saturated rings. The van der Waals surface area contributed by atoms with Gasteiger partial charge in [-0.3, -0.25) is 0 Å². The van der Waals surface area contributed by atoms with Gasteiger partial charge in [0.2, 0.25) is 0 Å². The molecule has 0 amide bonds. The lowest BCUT2D eigenvalue weighted by molar-refractivity contribution is 0.344. The summed E-state index contributed by atoms with van der Waals surface area (Å²) in [4.78, 5) is 0. The van der Waals surface area contributed by atoms with Gasteiger partial charge in [-0.1, -0.05) is 0 Å². The maximum atomic E-state index is 13.4. The van der Waals surface area contributed by atoms with Crippen molar-refractivity contribution in [1.29, 1.82) is 0 Å². The Morgan fingerprint density at radius 1 is 1.43 bits per heavy atom. The fraction of sp³-hybridized carbons (Fsp3) is 0.467. The molecule has 124 valence electrons. The van der Waals surface area contributed by atoms with Crippen LogP contribution >= 0.6 is 11.3 Å². The molecular weight excluding hydrogens is 337 g/mol. The molecule has 0 saturated carbocycles. The van der Waals surface area contributed by atoms with E-state index >= 15 is 0 Å².